The zero-order valence-corrected chi connectivity index (χ0v) is 17.6. The number of hydrogen-bond donors (Lipinski definition) is 1. The third-order valence-electron chi connectivity index (χ3n) is 5.06. The normalized spacial score (nSPS) is 15.7. The highest BCUT2D eigenvalue weighted by Gasteiger charge is 2.29. The van der Waals surface area contributed by atoms with Crippen molar-refractivity contribution in [3.05, 3.63) is 65.5 Å². The first-order chi connectivity index (χ1) is 14.7. The van der Waals surface area contributed by atoms with Crippen LogP contribution in [0.2, 0.25) is 0 Å². The molecule has 0 bridgehead atoms. The Labute approximate surface area is 179 Å². The first-order valence-electron chi connectivity index (χ1n) is 9.54. The number of nitriles is 1. The number of halogens is 1. The van der Waals surface area contributed by atoms with Crippen LogP contribution in [-0.4, -0.2) is 55.6 Å². The number of benzene rings is 2. The molecular formula is C21H21FN4O4S. The van der Waals surface area contributed by atoms with Crippen molar-refractivity contribution in [1.29, 1.82) is 5.26 Å². The van der Waals surface area contributed by atoms with E-state index in [9.17, 15) is 27.7 Å². The lowest BCUT2D eigenvalue weighted by molar-refractivity contribution is -0.129. The number of nitrogens with one attached hydrogen (secondary N) is 1. The Bertz CT molecular complexity index is 1120. The molecule has 1 heterocycles. The van der Waals surface area contributed by atoms with Gasteiger partial charge < -0.3 is 10.2 Å². The van der Waals surface area contributed by atoms with Crippen LogP contribution in [0.1, 0.15) is 28.9 Å². The quantitative estimate of drug-likeness (QED) is 0.754. The molecule has 2 aromatic carbocycles. The predicted molar refractivity (Wildman–Crippen MR) is 110 cm³/mol. The molecule has 1 unspecified atom stereocenters. The SMILES string of the molecule is CC(=O)N1CCN(S(=O)(=O)c2ccc(C(=O)NC(C#N)c3ccccc3F)cc2)CC1. The standard InChI is InChI=1S/C21H21FN4O4S/c1-15(27)25-10-12-26(13-11-25)31(29,30)17-8-6-16(7-9-17)21(28)24-20(14-23)18-4-2-3-5-19(18)22/h2-9,20H,10-13H2,1H3,(H,24,28). The van der Waals surface area contributed by atoms with Gasteiger partial charge in [0.05, 0.1) is 11.0 Å². The summed E-state index contributed by atoms with van der Waals surface area (Å²) in [5, 5.41) is 11.7. The highest BCUT2D eigenvalue weighted by Crippen LogP contribution is 2.20. The highest BCUT2D eigenvalue weighted by atomic mass is 32.2. The van der Waals surface area contributed by atoms with E-state index in [4.69, 9.17) is 0 Å². The zero-order valence-electron chi connectivity index (χ0n) is 16.8. The fourth-order valence-corrected chi connectivity index (χ4v) is 4.70. The van der Waals surface area contributed by atoms with Crippen molar-refractivity contribution in [3.63, 3.8) is 0 Å². The maximum Gasteiger partial charge on any atom is 0.252 e. The van der Waals surface area contributed by atoms with E-state index in [1.165, 1.54) is 53.7 Å². The van der Waals surface area contributed by atoms with Gasteiger partial charge in [0.25, 0.3) is 5.91 Å². The lowest BCUT2D eigenvalue weighted by Gasteiger charge is -2.33. The van der Waals surface area contributed by atoms with Gasteiger partial charge in [0.1, 0.15) is 11.9 Å². The van der Waals surface area contributed by atoms with Crippen molar-refractivity contribution in [2.75, 3.05) is 26.2 Å². The van der Waals surface area contributed by atoms with Crippen LogP contribution in [0.4, 0.5) is 4.39 Å². The Balaban J connectivity index is 1.71. The molecule has 2 aromatic rings. The Hall–Kier alpha value is -3.29. The average molecular weight is 444 g/mol. The molecule has 8 nitrogen and oxygen atoms in total. The van der Waals surface area contributed by atoms with Crippen molar-refractivity contribution in [3.8, 4) is 6.07 Å². The minimum absolute atomic E-state index is 0.0197. The minimum Gasteiger partial charge on any atom is -0.340 e. The predicted octanol–water partition coefficient (Wildman–Crippen LogP) is 1.67. The molecule has 31 heavy (non-hydrogen) atoms. The molecule has 1 fully saturated rings. The van der Waals surface area contributed by atoms with Gasteiger partial charge in [-0.05, 0) is 30.3 Å². The van der Waals surface area contributed by atoms with Crippen molar-refractivity contribution < 1.29 is 22.4 Å². The minimum atomic E-state index is -3.77. The van der Waals surface area contributed by atoms with Crippen molar-refractivity contribution in [2.24, 2.45) is 0 Å². The molecule has 0 spiro atoms. The summed E-state index contributed by atoms with van der Waals surface area (Å²) in [6, 6.07) is 11.6. The molecule has 1 N–H and O–H groups in total. The largest absolute Gasteiger partial charge is 0.340 e. The first kappa shape index (κ1) is 22.4. The zero-order chi connectivity index (χ0) is 22.6. The topological polar surface area (TPSA) is 111 Å². The Morgan fingerprint density at radius 2 is 1.68 bits per heavy atom. The number of carbonyl (C=O) groups is 2. The van der Waals surface area contributed by atoms with Crippen LogP contribution in [0.5, 0.6) is 0 Å². The van der Waals surface area contributed by atoms with Crippen LogP contribution in [0.15, 0.2) is 53.4 Å². The number of sulfonamides is 1. The summed E-state index contributed by atoms with van der Waals surface area (Å²) in [7, 11) is -3.77. The number of carbonyl (C=O) groups excluding carboxylic acids is 2. The molecule has 10 heteroatoms. The molecule has 1 aliphatic rings. The molecule has 0 radical (unpaired) electrons. The summed E-state index contributed by atoms with van der Waals surface area (Å²) in [4.78, 5) is 25.5. The van der Waals surface area contributed by atoms with E-state index in [0.717, 1.165) is 0 Å². The van der Waals surface area contributed by atoms with E-state index >= 15 is 0 Å². The number of piperazine rings is 1. The van der Waals surface area contributed by atoms with Gasteiger partial charge in [-0.1, -0.05) is 18.2 Å². The summed E-state index contributed by atoms with van der Waals surface area (Å²) in [6.45, 7) is 2.46. The third-order valence-corrected chi connectivity index (χ3v) is 6.97. The second-order valence-electron chi connectivity index (χ2n) is 6.99. The van der Waals surface area contributed by atoms with Gasteiger partial charge in [-0.2, -0.15) is 9.57 Å². The van der Waals surface area contributed by atoms with Crippen LogP contribution in [0.3, 0.4) is 0 Å². The van der Waals surface area contributed by atoms with E-state index in [1.54, 1.807) is 11.0 Å². The first-order valence-corrected chi connectivity index (χ1v) is 11.0. The fourth-order valence-electron chi connectivity index (χ4n) is 3.27. The number of rotatable bonds is 5. The van der Waals surface area contributed by atoms with E-state index in [0.29, 0.717) is 13.1 Å². The maximum absolute atomic E-state index is 13.9. The van der Waals surface area contributed by atoms with Gasteiger partial charge in [-0.25, -0.2) is 12.8 Å². The summed E-state index contributed by atoms with van der Waals surface area (Å²) in [6.07, 6.45) is 0. The Morgan fingerprint density at radius 3 is 2.23 bits per heavy atom. The van der Waals surface area contributed by atoms with Crippen molar-refractivity contribution in [2.45, 2.75) is 17.9 Å². The number of nitrogens with zero attached hydrogens (tertiary/aromatic N) is 3. The second-order valence-corrected chi connectivity index (χ2v) is 8.93. The molecule has 0 saturated carbocycles. The third kappa shape index (κ3) is 4.90. The van der Waals surface area contributed by atoms with E-state index in [2.05, 4.69) is 5.32 Å². The Morgan fingerprint density at radius 1 is 1.06 bits per heavy atom. The lowest BCUT2D eigenvalue weighted by Crippen LogP contribution is -2.49. The maximum atomic E-state index is 13.9. The average Bonchev–Trinajstić information content (AvgIpc) is 2.78. The summed E-state index contributed by atoms with van der Waals surface area (Å²) in [5.74, 6) is -1.34. The second kappa shape index (κ2) is 9.24. The van der Waals surface area contributed by atoms with Gasteiger partial charge in [-0.15, -0.1) is 0 Å². The smallest absolute Gasteiger partial charge is 0.252 e. The highest BCUT2D eigenvalue weighted by molar-refractivity contribution is 7.89. The van der Waals surface area contributed by atoms with Gasteiger partial charge in [0, 0.05) is 44.2 Å². The molecule has 3 rings (SSSR count). The Kier molecular flexibility index (Phi) is 6.68. The fraction of sp³-hybridized carbons (Fsp3) is 0.286. The van der Waals surface area contributed by atoms with Crippen molar-refractivity contribution in [1.82, 2.24) is 14.5 Å². The van der Waals surface area contributed by atoms with Crippen LogP contribution in [0.25, 0.3) is 0 Å². The summed E-state index contributed by atoms with van der Waals surface area (Å²) in [5.41, 5.74) is 0.180. The monoisotopic (exact) mass is 444 g/mol. The van der Waals surface area contributed by atoms with Crippen molar-refractivity contribution >= 4 is 21.8 Å². The van der Waals surface area contributed by atoms with Crippen LogP contribution in [-0.2, 0) is 14.8 Å². The molecule has 1 saturated heterocycles. The van der Waals surface area contributed by atoms with Crippen LogP contribution < -0.4 is 5.32 Å². The molecule has 162 valence electrons. The van der Waals surface area contributed by atoms with Crippen LogP contribution in [0, 0.1) is 17.1 Å². The number of amides is 2. The molecular weight excluding hydrogens is 423 g/mol. The molecule has 1 atom stereocenters. The summed E-state index contributed by atoms with van der Waals surface area (Å²) >= 11 is 0. The van der Waals surface area contributed by atoms with E-state index in [1.807, 2.05) is 6.07 Å². The van der Waals surface area contributed by atoms with E-state index < -0.39 is 27.8 Å². The van der Waals surface area contributed by atoms with Gasteiger partial charge in [-0.3, -0.25) is 9.59 Å². The van der Waals surface area contributed by atoms with E-state index in [-0.39, 0.29) is 35.0 Å². The van der Waals surface area contributed by atoms with Crippen LogP contribution >= 0.6 is 0 Å². The van der Waals surface area contributed by atoms with Gasteiger partial charge in [0.2, 0.25) is 15.9 Å². The molecule has 1 aliphatic heterocycles. The molecule has 0 aliphatic carbocycles. The molecule has 2 amide bonds. The lowest BCUT2D eigenvalue weighted by atomic mass is 10.1. The number of hydrogen-bond acceptors (Lipinski definition) is 5. The summed E-state index contributed by atoms with van der Waals surface area (Å²) < 4.78 is 40.9. The molecule has 0 aromatic heterocycles. The van der Waals surface area contributed by atoms with Gasteiger partial charge in [0.15, 0.2) is 0 Å². The van der Waals surface area contributed by atoms with Gasteiger partial charge >= 0.3 is 0 Å².